The van der Waals surface area contributed by atoms with Gasteiger partial charge in [-0.15, -0.1) is 0 Å². The molecule has 5 heteroatoms. The number of nitro groups is 1. The molecule has 1 fully saturated rings. The number of rotatable bonds is 4. The minimum absolute atomic E-state index is 0.143. The van der Waals surface area contributed by atoms with E-state index >= 15 is 0 Å². The molecule has 1 atom stereocenters. The molecule has 0 saturated carbocycles. The lowest BCUT2D eigenvalue weighted by molar-refractivity contribution is -0.385. The smallest absolute Gasteiger partial charge is 0.272 e. The Morgan fingerprint density at radius 2 is 2.33 bits per heavy atom. The van der Waals surface area contributed by atoms with Crippen LogP contribution < -0.4 is 4.74 Å². The van der Waals surface area contributed by atoms with E-state index in [1.165, 1.54) is 6.07 Å². The molecule has 0 N–H and O–H groups in total. The first-order valence-corrected chi connectivity index (χ1v) is 6.24. The Balaban J connectivity index is 2.02. The second-order valence-electron chi connectivity index (χ2n) is 4.63. The summed E-state index contributed by atoms with van der Waals surface area (Å²) in [6.07, 6.45) is 1.22. The monoisotopic (exact) mass is 250 g/mol. The summed E-state index contributed by atoms with van der Waals surface area (Å²) in [6.45, 7) is 6.91. The second-order valence-corrected chi connectivity index (χ2v) is 4.63. The number of nitro benzene ring substituents is 1. The van der Waals surface area contributed by atoms with Crippen molar-refractivity contribution in [1.82, 2.24) is 4.90 Å². The number of hydrogen-bond acceptors (Lipinski definition) is 4. The van der Waals surface area contributed by atoms with Gasteiger partial charge < -0.3 is 4.74 Å². The molecule has 0 bridgehead atoms. The SMILES string of the molecule is CCN1CCC(Oc2ccc([N+](=O)[O-])c(C)c2)C1. The van der Waals surface area contributed by atoms with Gasteiger partial charge in [0, 0.05) is 24.7 Å². The standard InChI is InChI=1S/C13H18N2O3/c1-3-14-7-6-12(9-14)18-11-4-5-13(15(16)17)10(2)8-11/h4-5,8,12H,3,6-7,9H2,1-2H3. The minimum Gasteiger partial charge on any atom is -0.489 e. The van der Waals surface area contributed by atoms with E-state index in [9.17, 15) is 10.1 Å². The number of aryl methyl sites for hydroxylation is 1. The maximum atomic E-state index is 10.7. The van der Waals surface area contributed by atoms with E-state index < -0.39 is 0 Å². The molecule has 1 aliphatic rings. The van der Waals surface area contributed by atoms with Crippen molar-refractivity contribution in [2.24, 2.45) is 0 Å². The van der Waals surface area contributed by atoms with Crippen molar-refractivity contribution in [2.75, 3.05) is 19.6 Å². The Kier molecular flexibility index (Phi) is 3.81. The Hall–Kier alpha value is -1.62. The van der Waals surface area contributed by atoms with Crippen LogP contribution in [-0.2, 0) is 0 Å². The Morgan fingerprint density at radius 1 is 1.56 bits per heavy atom. The van der Waals surface area contributed by atoms with Gasteiger partial charge in [0.1, 0.15) is 11.9 Å². The topological polar surface area (TPSA) is 55.6 Å². The average molecular weight is 250 g/mol. The third-order valence-corrected chi connectivity index (χ3v) is 3.34. The summed E-state index contributed by atoms with van der Waals surface area (Å²) in [5.74, 6) is 0.723. The molecule has 0 spiro atoms. The first-order valence-electron chi connectivity index (χ1n) is 6.24. The summed E-state index contributed by atoms with van der Waals surface area (Å²) in [7, 11) is 0. The molecule has 5 nitrogen and oxygen atoms in total. The van der Waals surface area contributed by atoms with Gasteiger partial charge in [-0.25, -0.2) is 0 Å². The molecule has 1 aromatic carbocycles. The fraction of sp³-hybridized carbons (Fsp3) is 0.538. The zero-order valence-electron chi connectivity index (χ0n) is 10.8. The highest BCUT2D eigenvalue weighted by Crippen LogP contribution is 2.25. The predicted molar refractivity (Wildman–Crippen MR) is 69.0 cm³/mol. The lowest BCUT2D eigenvalue weighted by atomic mass is 10.2. The highest BCUT2D eigenvalue weighted by Gasteiger charge is 2.23. The van der Waals surface area contributed by atoms with Gasteiger partial charge >= 0.3 is 0 Å². The molecule has 0 radical (unpaired) electrons. The van der Waals surface area contributed by atoms with Crippen molar-refractivity contribution in [2.45, 2.75) is 26.4 Å². The van der Waals surface area contributed by atoms with Gasteiger partial charge in [-0.3, -0.25) is 15.0 Å². The van der Waals surface area contributed by atoms with Gasteiger partial charge in [-0.1, -0.05) is 6.92 Å². The van der Waals surface area contributed by atoms with Crippen molar-refractivity contribution in [1.29, 1.82) is 0 Å². The predicted octanol–water partition coefficient (Wildman–Crippen LogP) is 2.38. The number of nitrogens with zero attached hydrogens (tertiary/aromatic N) is 2. The first-order chi connectivity index (χ1) is 8.60. The van der Waals surface area contributed by atoms with Crippen LogP contribution in [0.4, 0.5) is 5.69 Å². The number of hydrogen-bond donors (Lipinski definition) is 0. The van der Waals surface area contributed by atoms with Crippen LogP contribution in [0.2, 0.25) is 0 Å². The van der Waals surface area contributed by atoms with E-state index in [0.29, 0.717) is 5.56 Å². The molecule has 0 amide bonds. The Bertz CT molecular complexity index is 448. The summed E-state index contributed by atoms with van der Waals surface area (Å²) < 4.78 is 5.86. The van der Waals surface area contributed by atoms with Gasteiger partial charge in [0.15, 0.2) is 0 Å². The van der Waals surface area contributed by atoms with Crippen LogP contribution in [0, 0.1) is 17.0 Å². The molecule has 1 aliphatic heterocycles. The van der Waals surface area contributed by atoms with E-state index in [-0.39, 0.29) is 16.7 Å². The van der Waals surface area contributed by atoms with Gasteiger partial charge in [0.25, 0.3) is 5.69 Å². The van der Waals surface area contributed by atoms with E-state index in [1.807, 2.05) is 0 Å². The van der Waals surface area contributed by atoms with E-state index in [1.54, 1.807) is 19.1 Å². The molecule has 0 aliphatic carbocycles. The zero-order chi connectivity index (χ0) is 13.1. The normalized spacial score (nSPS) is 20.0. The molecule has 1 unspecified atom stereocenters. The third kappa shape index (κ3) is 2.79. The number of ether oxygens (including phenoxy) is 1. The van der Waals surface area contributed by atoms with Crippen LogP contribution in [0.25, 0.3) is 0 Å². The van der Waals surface area contributed by atoms with Gasteiger partial charge in [0.2, 0.25) is 0 Å². The highest BCUT2D eigenvalue weighted by atomic mass is 16.6. The van der Waals surface area contributed by atoms with Crippen LogP contribution >= 0.6 is 0 Å². The first kappa shape index (κ1) is 12.8. The minimum atomic E-state index is -0.368. The maximum absolute atomic E-state index is 10.7. The molecular formula is C13H18N2O3. The number of likely N-dealkylation sites (tertiary alicyclic amines) is 1. The van der Waals surface area contributed by atoms with Gasteiger partial charge in [-0.05, 0) is 32.0 Å². The van der Waals surface area contributed by atoms with Crippen LogP contribution in [0.5, 0.6) is 5.75 Å². The fourth-order valence-corrected chi connectivity index (χ4v) is 2.28. The molecule has 98 valence electrons. The average Bonchev–Trinajstić information content (AvgIpc) is 2.76. The quantitative estimate of drug-likeness (QED) is 0.608. The van der Waals surface area contributed by atoms with E-state index in [2.05, 4.69) is 11.8 Å². The van der Waals surface area contributed by atoms with Crippen molar-refractivity contribution in [3.63, 3.8) is 0 Å². The van der Waals surface area contributed by atoms with Crippen molar-refractivity contribution < 1.29 is 9.66 Å². The largest absolute Gasteiger partial charge is 0.489 e. The molecular weight excluding hydrogens is 232 g/mol. The fourth-order valence-electron chi connectivity index (χ4n) is 2.28. The summed E-state index contributed by atoms with van der Waals surface area (Å²) in [4.78, 5) is 12.7. The van der Waals surface area contributed by atoms with Crippen LogP contribution in [-0.4, -0.2) is 35.6 Å². The number of likely N-dealkylation sites (N-methyl/N-ethyl adjacent to an activating group) is 1. The lowest BCUT2D eigenvalue weighted by Crippen LogP contribution is -2.24. The van der Waals surface area contributed by atoms with Crippen LogP contribution in [0.3, 0.4) is 0 Å². The number of benzene rings is 1. The summed E-state index contributed by atoms with van der Waals surface area (Å²) in [5.41, 5.74) is 0.784. The molecule has 18 heavy (non-hydrogen) atoms. The highest BCUT2D eigenvalue weighted by molar-refractivity contribution is 5.44. The van der Waals surface area contributed by atoms with Crippen LogP contribution in [0.1, 0.15) is 18.9 Å². The Labute approximate surface area is 107 Å². The van der Waals surface area contributed by atoms with Gasteiger partial charge in [-0.2, -0.15) is 0 Å². The van der Waals surface area contributed by atoms with E-state index in [0.717, 1.165) is 31.8 Å². The third-order valence-electron chi connectivity index (χ3n) is 3.34. The summed E-state index contributed by atoms with van der Waals surface area (Å²) >= 11 is 0. The molecule has 1 aromatic rings. The van der Waals surface area contributed by atoms with Crippen molar-refractivity contribution >= 4 is 5.69 Å². The zero-order valence-corrected chi connectivity index (χ0v) is 10.8. The van der Waals surface area contributed by atoms with Crippen molar-refractivity contribution in [3.8, 4) is 5.75 Å². The second kappa shape index (κ2) is 5.35. The maximum Gasteiger partial charge on any atom is 0.272 e. The summed E-state index contributed by atoms with van der Waals surface area (Å²) in [6, 6.07) is 4.93. The molecule has 2 rings (SSSR count). The molecule has 0 aromatic heterocycles. The Morgan fingerprint density at radius 3 is 2.89 bits per heavy atom. The van der Waals surface area contributed by atoms with Gasteiger partial charge in [0.05, 0.1) is 4.92 Å². The van der Waals surface area contributed by atoms with E-state index in [4.69, 9.17) is 4.74 Å². The lowest BCUT2D eigenvalue weighted by Gasteiger charge is -2.15. The molecule has 1 saturated heterocycles. The summed E-state index contributed by atoms with van der Waals surface area (Å²) in [5, 5.41) is 10.7. The van der Waals surface area contributed by atoms with Crippen molar-refractivity contribution in [3.05, 3.63) is 33.9 Å². The molecule has 1 heterocycles. The van der Waals surface area contributed by atoms with Crippen LogP contribution in [0.15, 0.2) is 18.2 Å².